The first kappa shape index (κ1) is 11.3. The monoisotopic (exact) mass is 253 g/mol. The van der Waals surface area contributed by atoms with Crippen molar-refractivity contribution in [2.45, 2.75) is 32.2 Å². The molecule has 2 fully saturated rings. The third-order valence-corrected chi connectivity index (χ3v) is 5.26. The van der Waals surface area contributed by atoms with Crippen LogP contribution in [0.5, 0.6) is 0 Å². The Kier molecular flexibility index (Phi) is 2.51. The minimum absolute atomic E-state index is 0.828. The van der Waals surface area contributed by atoms with E-state index in [4.69, 9.17) is 0 Å². The molecule has 1 heterocycles. The largest absolute Gasteiger partial charge is 0.346 e. The fourth-order valence-corrected chi connectivity index (χ4v) is 4.37. The second-order valence-corrected chi connectivity index (χ2v) is 6.31. The van der Waals surface area contributed by atoms with E-state index in [9.17, 15) is 4.79 Å². The molecule has 0 N–H and O–H groups in total. The number of para-hydroxylation sites is 1. The summed E-state index contributed by atoms with van der Waals surface area (Å²) in [5.41, 5.74) is 2.05. The number of hydrogen-bond donors (Lipinski definition) is 0. The van der Waals surface area contributed by atoms with Crippen molar-refractivity contribution < 1.29 is 4.79 Å². The Morgan fingerprint density at radius 3 is 2.84 bits per heavy atom. The first-order chi connectivity index (χ1) is 9.35. The van der Waals surface area contributed by atoms with E-state index in [1.54, 1.807) is 0 Å². The summed E-state index contributed by atoms with van der Waals surface area (Å²) in [6.07, 6.45) is 8.75. The lowest BCUT2D eigenvalue weighted by molar-refractivity contribution is 0.112. The predicted octanol–water partition coefficient (Wildman–Crippen LogP) is 3.89. The fourth-order valence-electron chi connectivity index (χ4n) is 4.37. The summed E-state index contributed by atoms with van der Waals surface area (Å²) in [7, 11) is 0. The molecule has 19 heavy (non-hydrogen) atoms. The van der Waals surface area contributed by atoms with Crippen LogP contribution in [0, 0.1) is 17.8 Å². The van der Waals surface area contributed by atoms with Crippen molar-refractivity contribution in [2.75, 3.05) is 0 Å². The summed E-state index contributed by atoms with van der Waals surface area (Å²) in [4.78, 5) is 11.2. The summed E-state index contributed by atoms with van der Waals surface area (Å²) in [5.74, 6) is 2.75. The van der Waals surface area contributed by atoms with Crippen molar-refractivity contribution in [3.63, 3.8) is 0 Å². The Bertz CT molecular complexity index is 627. The van der Waals surface area contributed by atoms with E-state index in [0.717, 1.165) is 41.5 Å². The topological polar surface area (TPSA) is 22.0 Å². The van der Waals surface area contributed by atoms with E-state index in [0.29, 0.717) is 0 Å². The number of fused-ring (bicyclic) bond motifs is 3. The molecule has 2 aromatic rings. The highest BCUT2D eigenvalue weighted by Crippen LogP contribution is 2.49. The van der Waals surface area contributed by atoms with Crippen molar-refractivity contribution in [1.82, 2.24) is 4.57 Å². The van der Waals surface area contributed by atoms with Gasteiger partial charge in [-0.3, -0.25) is 4.79 Å². The van der Waals surface area contributed by atoms with Gasteiger partial charge in [-0.25, -0.2) is 0 Å². The van der Waals surface area contributed by atoms with Crippen molar-refractivity contribution in [3.05, 3.63) is 36.0 Å². The first-order valence-electron chi connectivity index (χ1n) is 7.38. The molecule has 4 rings (SSSR count). The maximum absolute atomic E-state index is 11.2. The Balaban J connectivity index is 1.69. The lowest BCUT2D eigenvalue weighted by Gasteiger charge is -2.22. The van der Waals surface area contributed by atoms with E-state index >= 15 is 0 Å². The van der Waals surface area contributed by atoms with Crippen LogP contribution in [0.2, 0.25) is 0 Å². The Morgan fingerprint density at radius 1 is 1.21 bits per heavy atom. The normalized spacial score (nSPS) is 29.2. The Hall–Kier alpha value is -1.57. The Labute approximate surface area is 113 Å². The summed E-state index contributed by atoms with van der Waals surface area (Å²) in [6.45, 7) is 1.09. The van der Waals surface area contributed by atoms with Crippen LogP contribution < -0.4 is 0 Å². The number of carbonyl (C=O) groups is 1. The number of benzene rings is 1. The number of nitrogens with zero attached hydrogens (tertiary/aromatic N) is 1. The average Bonchev–Trinajstić information content (AvgIpc) is 3.13. The van der Waals surface area contributed by atoms with Gasteiger partial charge in [0.25, 0.3) is 0 Å². The van der Waals surface area contributed by atoms with E-state index < -0.39 is 0 Å². The lowest BCUT2D eigenvalue weighted by Crippen LogP contribution is -2.16. The molecule has 3 atom stereocenters. The van der Waals surface area contributed by atoms with Crippen LogP contribution in [-0.4, -0.2) is 10.9 Å². The molecule has 0 aliphatic heterocycles. The highest BCUT2D eigenvalue weighted by molar-refractivity contribution is 5.97. The third kappa shape index (κ3) is 1.73. The van der Waals surface area contributed by atoms with Gasteiger partial charge in [-0.1, -0.05) is 24.6 Å². The molecular weight excluding hydrogens is 234 g/mol. The second-order valence-electron chi connectivity index (χ2n) is 6.31. The van der Waals surface area contributed by atoms with Gasteiger partial charge >= 0.3 is 0 Å². The van der Waals surface area contributed by atoms with Gasteiger partial charge in [-0.2, -0.15) is 0 Å². The second kappa shape index (κ2) is 4.22. The van der Waals surface area contributed by atoms with Crippen molar-refractivity contribution in [3.8, 4) is 0 Å². The highest BCUT2D eigenvalue weighted by atomic mass is 16.1. The van der Waals surface area contributed by atoms with Gasteiger partial charge in [0.2, 0.25) is 0 Å². The SMILES string of the molecule is O=Cc1cn(CC2CC3CCC2C3)c2ccccc12. The number of rotatable bonds is 3. The summed E-state index contributed by atoms with van der Waals surface area (Å²) in [6, 6.07) is 8.26. The summed E-state index contributed by atoms with van der Waals surface area (Å²) >= 11 is 0. The average molecular weight is 253 g/mol. The van der Waals surface area contributed by atoms with Crippen molar-refractivity contribution in [2.24, 2.45) is 17.8 Å². The summed E-state index contributed by atoms with van der Waals surface area (Å²) < 4.78 is 2.31. The van der Waals surface area contributed by atoms with Crippen molar-refractivity contribution in [1.29, 1.82) is 0 Å². The van der Waals surface area contributed by atoms with Crippen LogP contribution in [0.1, 0.15) is 36.0 Å². The van der Waals surface area contributed by atoms with E-state index in [-0.39, 0.29) is 0 Å². The minimum atomic E-state index is 0.828. The standard InChI is InChI=1S/C17H19NO/c19-11-15-10-18(17-4-2-1-3-16(15)17)9-14-8-12-5-6-13(14)7-12/h1-4,10-14H,5-9H2. The maximum atomic E-state index is 11.2. The van der Waals surface area contributed by atoms with Crippen LogP contribution in [-0.2, 0) is 6.54 Å². The smallest absolute Gasteiger partial charge is 0.152 e. The molecule has 2 heteroatoms. The van der Waals surface area contributed by atoms with Gasteiger partial charge in [-0.05, 0) is 43.1 Å². The molecule has 3 unspecified atom stereocenters. The molecule has 0 spiro atoms. The molecule has 2 nitrogen and oxygen atoms in total. The van der Waals surface area contributed by atoms with Gasteiger partial charge in [0.05, 0.1) is 0 Å². The van der Waals surface area contributed by atoms with Crippen LogP contribution in [0.25, 0.3) is 10.9 Å². The van der Waals surface area contributed by atoms with Crippen LogP contribution in [0.15, 0.2) is 30.5 Å². The molecule has 2 bridgehead atoms. The first-order valence-corrected chi connectivity index (χ1v) is 7.38. The van der Waals surface area contributed by atoms with Crippen molar-refractivity contribution >= 4 is 17.2 Å². The molecular formula is C17H19NO. The molecule has 0 saturated heterocycles. The van der Waals surface area contributed by atoms with Crippen LogP contribution >= 0.6 is 0 Å². The zero-order valence-corrected chi connectivity index (χ0v) is 11.1. The zero-order valence-electron chi connectivity index (χ0n) is 11.1. The van der Waals surface area contributed by atoms with Gasteiger partial charge in [-0.15, -0.1) is 0 Å². The number of aromatic nitrogens is 1. The minimum Gasteiger partial charge on any atom is -0.346 e. The molecule has 1 aromatic heterocycles. The molecule has 2 saturated carbocycles. The molecule has 2 aliphatic rings. The van der Waals surface area contributed by atoms with E-state index in [2.05, 4.69) is 22.8 Å². The molecule has 0 radical (unpaired) electrons. The van der Waals surface area contributed by atoms with Crippen LogP contribution in [0.3, 0.4) is 0 Å². The quantitative estimate of drug-likeness (QED) is 0.761. The fraction of sp³-hybridized carbons (Fsp3) is 0.471. The zero-order chi connectivity index (χ0) is 12.8. The highest BCUT2D eigenvalue weighted by Gasteiger charge is 2.39. The third-order valence-electron chi connectivity index (χ3n) is 5.26. The number of aldehydes is 1. The van der Waals surface area contributed by atoms with Crippen LogP contribution in [0.4, 0.5) is 0 Å². The van der Waals surface area contributed by atoms with Gasteiger partial charge in [0.15, 0.2) is 6.29 Å². The van der Waals surface area contributed by atoms with Gasteiger partial charge in [0, 0.05) is 29.2 Å². The van der Waals surface area contributed by atoms with Gasteiger partial charge < -0.3 is 4.57 Å². The van der Waals surface area contributed by atoms with E-state index in [1.165, 1.54) is 31.2 Å². The lowest BCUT2D eigenvalue weighted by atomic mass is 9.89. The van der Waals surface area contributed by atoms with E-state index in [1.807, 2.05) is 12.3 Å². The summed E-state index contributed by atoms with van der Waals surface area (Å²) in [5, 5.41) is 1.10. The number of hydrogen-bond acceptors (Lipinski definition) is 1. The number of carbonyl (C=O) groups excluding carboxylic acids is 1. The molecule has 0 amide bonds. The Morgan fingerprint density at radius 2 is 2.11 bits per heavy atom. The maximum Gasteiger partial charge on any atom is 0.152 e. The van der Waals surface area contributed by atoms with Gasteiger partial charge in [0.1, 0.15) is 0 Å². The molecule has 98 valence electrons. The molecule has 1 aromatic carbocycles. The predicted molar refractivity (Wildman–Crippen MR) is 76.3 cm³/mol. The molecule has 2 aliphatic carbocycles.